The summed E-state index contributed by atoms with van der Waals surface area (Å²) in [4.78, 5) is 0. The Balaban J connectivity index is 1.82. The second kappa shape index (κ2) is 5.92. The van der Waals surface area contributed by atoms with E-state index in [2.05, 4.69) is 29.6 Å². The van der Waals surface area contributed by atoms with Crippen LogP contribution in [0.1, 0.15) is 43.2 Å². The number of nitrogens with zero attached hydrogens (tertiary/aromatic N) is 1. The molecule has 0 amide bonds. The van der Waals surface area contributed by atoms with Crippen LogP contribution >= 0.6 is 12.2 Å². The zero-order valence-corrected chi connectivity index (χ0v) is 14.2. The van der Waals surface area contributed by atoms with Crippen LogP contribution < -0.4 is 5.32 Å². The number of benzene rings is 2. The molecule has 24 heavy (non-hydrogen) atoms. The summed E-state index contributed by atoms with van der Waals surface area (Å²) in [6.45, 7) is 0. The number of hydrogen-bond donors (Lipinski definition) is 1. The van der Waals surface area contributed by atoms with Gasteiger partial charge in [0, 0.05) is 11.3 Å². The summed E-state index contributed by atoms with van der Waals surface area (Å²) in [5.74, 6) is 0. The molecular weight excluding hydrogens is 316 g/mol. The smallest absolute Gasteiger partial charge is 0.262 e. The first-order valence-corrected chi connectivity index (χ1v) is 8.76. The number of nitrogens with one attached hydrogen (secondary N) is 1. The highest BCUT2D eigenvalue weighted by Gasteiger charge is 2.41. The maximum Gasteiger partial charge on any atom is 0.262 e. The van der Waals surface area contributed by atoms with Crippen molar-refractivity contribution in [2.75, 3.05) is 5.32 Å². The van der Waals surface area contributed by atoms with Crippen LogP contribution in [0.4, 0.5) is 5.69 Å². The van der Waals surface area contributed by atoms with E-state index >= 15 is 0 Å². The molecule has 1 saturated carbocycles. The molecule has 1 N–H and O–H groups in total. The Hall–Kier alpha value is -2.38. The van der Waals surface area contributed by atoms with E-state index in [9.17, 15) is 0 Å². The molecule has 1 aliphatic carbocycles. The molecule has 2 aliphatic rings. The van der Waals surface area contributed by atoms with Crippen molar-refractivity contribution in [2.45, 2.75) is 37.7 Å². The minimum absolute atomic E-state index is 0.293. The molecule has 4 rings (SSSR count). The molecule has 1 fully saturated rings. The second-order valence-corrected chi connectivity index (χ2v) is 6.89. The van der Waals surface area contributed by atoms with E-state index in [1.165, 1.54) is 12.0 Å². The standard InChI is InChI=1S/C20H18N2OS/c21-13-14-5-4-6-15(11-14)16-7-8-18-17(12-16)20(23-19(24)22-18)9-2-1-3-10-20/h4-8,11-12H,1-3,9-10H2,(H,22,24). The second-order valence-electron chi connectivity index (χ2n) is 6.52. The van der Waals surface area contributed by atoms with Crippen LogP contribution in [0, 0.1) is 11.3 Å². The maximum atomic E-state index is 9.13. The Bertz CT molecular complexity index is 847. The van der Waals surface area contributed by atoms with Gasteiger partial charge in [0.1, 0.15) is 5.60 Å². The van der Waals surface area contributed by atoms with Gasteiger partial charge in [0.05, 0.1) is 11.6 Å². The quantitative estimate of drug-likeness (QED) is 0.736. The molecule has 1 aliphatic heterocycles. The molecule has 120 valence electrons. The summed E-state index contributed by atoms with van der Waals surface area (Å²) in [5, 5.41) is 12.8. The Morgan fingerprint density at radius 3 is 2.62 bits per heavy atom. The molecule has 0 unspecified atom stereocenters. The number of thiocarbonyl (C=S) groups is 1. The SMILES string of the molecule is N#Cc1cccc(-c2ccc3c(c2)C2(CCCCC2)OC(=S)N3)c1. The number of ether oxygens (including phenoxy) is 1. The lowest BCUT2D eigenvalue weighted by Crippen LogP contribution is -2.40. The van der Waals surface area contributed by atoms with E-state index in [1.807, 2.05) is 24.3 Å². The number of hydrogen-bond acceptors (Lipinski definition) is 3. The van der Waals surface area contributed by atoms with Gasteiger partial charge >= 0.3 is 0 Å². The Morgan fingerprint density at radius 1 is 1.04 bits per heavy atom. The van der Waals surface area contributed by atoms with Crippen LogP contribution in [0.3, 0.4) is 0 Å². The van der Waals surface area contributed by atoms with Crippen LogP contribution in [-0.2, 0) is 10.3 Å². The van der Waals surface area contributed by atoms with Crippen molar-refractivity contribution in [3.05, 3.63) is 53.6 Å². The normalized spacial score (nSPS) is 18.2. The number of nitriles is 1. The van der Waals surface area contributed by atoms with Gasteiger partial charge in [-0.3, -0.25) is 0 Å². The molecule has 4 heteroatoms. The van der Waals surface area contributed by atoms with Crippen molar-refractivity contribution >= 4 is 23.1 Å². The van der Waals surface area contributed by atoms with Crippen LogP contribution in [-0.4, -0.2) is 5.17 Å². The lowest BCUT2D eigenvalue weighted by Gasteiger charge is -2.42. The van der Waals surface area contributed by atoms with Crippen molar-refractivity contribution in [3.63, 3.8) is 0 Å². The summed E-state index contributed by atoms with van der Waals surface area (Å²) >= 11 is 5.33. The van der Waals surface area contributed by atoms with E-state index in [1.54, 1.807) is 0 Å². The molecule has 0 saturated heterocycles. The van der Waals surface area contributed by atoms with E-state index in [0.717, 1.165) is 42.5 Å². The Kier molecular flexibility index (Phi) is 3.74. The van der Waals surface area contributed by atoms with Crippen LogP contribution in [0.5, 0.6) is 0 Å². The summed E-state index contributed by atoms with van der Waals surface area (Å²) in [5.41, 5.74) is 4.78. The van der Waals surface area contributed by atoms with Crippen molar-refractivity contribution in [3.8, 4) is 17.2 Å². The third-order valence-corrected chi connectivity index (χ3v) is 5.21. The summed E-state index contributed by atoms with van der Waals surface area (Å²) < 4.78 is 6.15. The first kappa shape index (κ1) is 15.2. The van der Waals surface area contributed by atoms with Gasteiger partial charge in [0.25, 0.3) is 5.17 Å². The fourth-order valence-corrected chi connectivity index (χ4v) is 4.11. The van der Waals surface area contributed by atoms with Crippen molar-refractivity contribution < 1.29 is 4.74 Å². The molecule has 1 spiro atoms. The van der Waals surface area contributed by atoms with Gasteiger partial charge in [-0.1, -0.05) is 24.6 Å². The summed E-state index contributed by atoms with van der Waals surface area (Å²) in [7, 11) is 0. The monoisotopic (exact) mass is 334 g/mol. The zero-order chi connectivity index (χ0) is 16.6. The molecule has 0 atom stereocenters. The number of rotatable bonds is 1. The van der Waals surface area contributed by atoms with Crippen molar-refractivity contribution in [1.29, 1.82) is 5.26 Å². The maximum absolute atomic E-state index is 9.13. The fraction of sp³-hybridized carbons (Fsp3) is 0.300. The third-order valence-electron chi connectivity index (χ3n) is 5.02. The topological polar surface area (TPSA) is 45.0 Å². The van der Waals surface area contributed by atoms with E-state index in [4.69, 9.17) is 22.2 Å². The molecule has 3 nitrogen and oxygen atoms in total. The average Bonchev–Trinajstić information content (AvgIpc) is 2.62. The van der Waals surface area contributed by atoms with Crippen molar-refractivity contribution in [2.24, 2.45) is 0 Å². The first-order valence-electron chi connectivity index (χ1n) is 8.35. The predicted molar refractivity (Wildman–Crippen MR) is 98.7 cm³/mol. The molecular formula is C20H18N2OS. The van der Waals surface area contributed by atoms with Crippen molar-refractivity contribution in [1.82, 2.24) is 0 Å². The highest BCUT2D eigenvalue weighted by atomic mass is 32.1. The molecule has 2 aromatic rings. The number of fused-ring (bicyclic) bond motifs is 2. The van der Waals surface area contributed by atoms with Gasteiger partial charge in [-0.25, -0.2) is 0 Å². The third kappa shape index (κ3) is 2.55. The van der Waals surface area contributed by atoms with Crippen LogP contribution in [0.25, 0.3) is 11.1 Å². The van der Waals surface area contributed by atoms with Gasteiger partial charge < -0.3 is 10.1 Å². The van der Waals surface area contributed by atoms with E-state index < -0.39 is 0 Å². The summed E-state index contributed by atoms with van der Waals surface area (Å²) in [6, 6.07) is 16.3. The lowest BCUT2D eigenvalue weighted by atomic mass is 9.77. The highest BCUT2D eigenvalue weighted by Crippen LogP contribution is 2.47. The summed E-state index contributed by atoms with van der Waals surface area (Å²) in [6.07, 6.45) is 5.59. The lowest BCUT2D eigenvalue weighted by molar-refractivity contribution is 0.0141. The minimum Gasteiger partial charge on any atom is -0.459 e. The fourth-order valence-electron chi connectivity index (χ4n) is 3.84. The van der Waals surface area contributed by atoms with Crippen LogP contribution in [0.2, 0.25) is 0 Å². The van der Waals surface area contributed by atoms with Gasteiger partial charge in [-0.05, 0) is 73.3 Å². The number of anilines is 1. The molecule has 0 aromatic heterocycles. The van der Waals surface area contributed by atoms with E-state index in [-0.39, 0.29) is 5.60 Å². The molecule has 1 heterocycles. The van der Waals surface area contributed by atoms with E-state index in [0.29, 0.717) is 10.7 Å². The van der Waals surface area contributed by atoms with Gasteiger partial charge in [-0.15, -0.1) is 0 Å². The van der Waals surface area contributed by atoms with Gasteiger partial charge in [0.2, 0.25) is 0 Å². The first-order chi connectivity index (χ1) is 11.7. The average molecular weight is 334 g/mol. The molecule has 0 bridgehead atoms. The van der Waals surface area contributed by atoms with Gasteiger partial charge in [0.15, 0.2) is 0 Å². The molecule has 2 aromatic carbocycles. The molecule has 0 radical (unpaired) electrons. The zero-order valence-electron chi connectivity index (χ0n) is 13.3. The highest BCUT2D eigenvalue weighted by molar-refractivity contribution is 7.80. The Labute approximate surface area is 147 Å². The van der Waals surface area contributed by atoms with Crippen LogP contribution in [0.15, 0.2) is 42.5 Å². The Morgan fingerprint density at radius 2 is 1.83 bits per heavy atom. The predicted octanol–water partition coefficient (Wildman–Crippen LogP) is 5.11. The largest absolute Gasteiger partial charge is 0.459 e. The van der Waals surface area contributed by atoms with Gasteiger partial charge in [-0.2, -0.15) is 5.26 Å². The minimum atomic E-state index is -0.293.